The van der Waals surface area contributed by atoms with Crippen molar-refractivity contribution < 1.29 is 4.79 Å². The Balaban J connectivity index is 1.96. The van der Waals surface area contributed by atoms with Crippen LogP contribution in [0.15, 0.2) is 36.7 Å². The highest BCUT2D eigenvalue weighted by Gasteiger charge is 2.08. The molecule has 3 aromatic rings. The molecule has 0 saturated heterocycles. The van der Waals surface area contributed by atoms with Crippen molar-refractivity contribution in [2.75, 3.05) is 0 Å². The molecule has 0 aliphatic heterocycles. The molecular formula is C16H12N4O. The van der Waals surface area contributed by atoms with Gasteiger partial charge in [0.1, 0.15) is 6.07 Å². The van der Waals surface area contributed by atoms with Gasteiger partial charge in [-0.05, 0) is 36.2 Å². The molecule has 21 heavy (non-hydrogen) atoms. The van der Waals surface area contributed by atoms with Crippen LogP contribution in [0.3, 0.4) is 0 Å². The Kier molecular flexibility index (Phi) is 3.20. The van der Waals surface area contributed by atoms with Gasteiger partial charge in [0, 0.05) is 17.8 Å². The summed E-state index contributed by atoms with van der Waals surface area (Å²) in [7, 11) is 0. The monoisotopic (exact) mass is 276 g/mol. The highest BCUT2D eigenvalue weighted by atomic mass is 16.1. The van der Waals surface area contributed by atoms with Crippen molar-refractivity contribution in [3.05, 3.63) is 59.0 Å². The van der Waals surface area contributed by atoms with Crippen molar-refractivity contribution in [2.45, 2.75) is 13.5 Å². The Bertz CT molecular complexity index is 874. The van der Waals surface area contributed by atoms with Crippen molar-refractivity contribution >= 4 is 17.2 Å². The summed E-state index contributed by atoms with van der Waals surface area (Å²) in [5.74, 6) is 0. The van der Waals surface area contributed by atoms with Crippen LogP contribution in [0, 0.1) is 18.3 Å². The fourth-order valence-corrected chi connectivity index (χ4v) is 2.27. The van der Waals surface area contributed by atoms with Crippen LogP contribution >= 0.6 is 0 Å². The van der Waals surface area contributed by atoms with E-state index in [4.69, 9.17) is 5.26 Å². The predicted octanol–water partition coefficient (Wildman–Crippen LogP) is 2.47. The second-order valence-corrected chi connectivity index (χ2v) is 4.90. The predicted molar refractivity (Wildman–Crippen MR) is 77.9 cm³/mol. The van der Waals surface area contributed by atoms with Crippen LogP contribution in [0.4, 0.5) is 0 Å². The largest absolute Gasteiger partial charge is 0.298 e. The van der Waals surface area contributed by atoms with Gasteiger partial charge in [0.05, 0.1) is 17.6 Å². The summed E-state index contributed by atoms with van der Waals surface area (Å²) in [6.45, 7) is 2.51. The van der Waals surface area contributed by atoms with Gasteiger partial charge in [-0.25, -0.2) is 0 Å². The minimum atomic E-state index is 0.156. The third kappa shape index (κ3) is 2.51. The first-order valence-corrected chi connectivity index (χ1v) is 6.47. The van der Waals surface area contributed by atoms with E-state index < -0.39 is 0 Å². The average molecular weight is 276 g/mol. The van der Waals surface area contributed by atoms with E-state index in [0.717, 1.165) is 22.0 Å². The van der Waals surface area contributed by atoms with E-state index >= 15 is 0 Å². The fraction of sp³-hybridized carbons (Fsp3) is 0.125. The lowest BCUT2D eigenvalue weighted by Crippen LogP contribution is -2.00. The Morgan fingerprint density at radius 2 is 2.24 bits per heavy atom. The Morgan fingerprint density at radius 1 is 1.38 bits per heavy atom. The van der Waals surface area contributed by atoms with E-state index in [1.807, 2.05) is 37.4 Å². The molecule has 0 saturated carbocycles. The molecular weight excluding hydrogens is 264 g/mol. The number of rotatable bonds is 3. The van der Waals surface area contributed by atoms with E-state index in [9.17, 15) is 4.79 Å². The summed E-state index contributed by atoms with van der Waals surface area (Å²) in [6, 6.07) is 9.97. The second kappa shape index (κ2) is 5.17. The number of aldehydes is 1. The quantitative estimate of drug-likeness (QED) is 0.689. The van der Waals surface area contributed by atoms with Crippen molar-refractivity contribution in [2.24, 2.45) is 0 Å². The maximum Gasteiger partial charge on any atom is 0.172 e. The third-order valence-corrected chi connectivity index (χ3v) is 3.25. The van der Waals surface area contributed by atoms with Crippen molar-refractivity contribution in [3.8, 4) is 6.07 Å². The number of hydrogen-bond acceptors (Lipinski definition) is 4. The molecule has 2 heterocycles. The maximum absolute atomic E-state index is 10.9. The van der Waals surface area contributed by atoms with Crippen molar-refractivity contribution in [1.82, 2.24) is 14.8 Å². The van der Waals surface area contributed by atoms with Crippen molar-refractivity contribution in [1.29, 1.82) is 5.26 Å². The van der Waals surface area contributed by atoms with Gasteiger partial charge < -0.3 is 0 Å². The number of pyridine rings is 1. The van der Waals surface area contributed by atoms with Gasteiger partial charge in [-0.1, -0.05) is 6.07 Å². The van der Waals surface area contributed by atoms with E-state index in [1.54, 1.807) is 10.9 Å². The molecule has 0 aliphatic carbocycles. The molecule has 0 radical (unpaired) electrons. The normalized spacial score (nSPS) is 10.5. The topological polar surface area (TPSA) is 71.6 Å². The fourth-order valence-electron chi connectivity index (χ4n) is 2.27. The highest BCUT2D eigenvalue weighted by molar-refractivity contribution is 5.80. The number of carbonyl (C=O) groups is 1. The lowest BCUT2D eigenvalue weighted by Gasteiger charge is -2.04. The molecule has 0 bridgehead atoms. The third-order valence-electron chi connectivity index (χ3n) is 3.25. The SMILES string of the molecule is Cc1cnc2ccc(Cn3cc(C=O)c(C#N)n3)cc2c1. The molecule has 0 N–H and O–H groups in total. The Labute approximate surface area is 121 Å². The number of carbonyl (C=O) groups excluding carboxylic acids is 1. The van der Waals surface area contributed by atoms with Crippen molar-refractivity contribution in [3.63, 3.8) is 0 Å². The number of aryl methyl sites for hydroxylation is 1. The van der Waals surface area contributed by atoms with Crippen LogP contribution in [-0.2, 0) is 6.54 Å². The summed E-state index contributed by atoms with van der Waals surface area (Å²) >= 11 is 0. The van der Waals surface area contributed by atoms with Gasteiger partial charge in [0.2, 0.25) is 0 Å². The van der Waals surface area contributed by atoms with Gasteiger partial charge in [-0.2, -0.15) is 10.4 Å². The molecule has 1 aromatic carbocycles. The highest BCUT2D eigenvalue weighted by Crippen LogP contribution is 2.16. The number of hydrogen-bond donors (Lipinski definition) is 0. The molecule has 3 rings (SSSR count). The van der Waals surface area contributed by atoms with Gasteiger partial charge >= 0.3 is 0 Å². The molecule has 102 valence electrons. The summed E-state index contributed by atoms with van der Waals surface area (Å²) in [5.41, 5.74) is 3.56. The van der Waals surface area contributed by atoms with E-state index in [1.165, 1.54) is 0 Å². The Morgan fingerprint density at radius 3 is 2.95 bits per heavy atom. The first-order chi connectivity index (χ1) is 10.2. The lowest BCUT2D eigenvalue weighted by atomic mass is 10.1. The van der Waals surface area contributed by atoms with Crippen LogP contribution < -0.4 is 0 Å². The van der Waals surface area contributed by atoms with E-state index in [0.29, 0.717) is 18.4 Å². The first kappa shape index (κ1) is 13.0. The van der Waals surface area contributed by atoms with Crippen LogP contribution in [0.1, 0.15) is 27.2 Å². The molecule has 5 nitrogen and oxygen atoms in total. The molecule has 0 aliphatic rings. The second-order valence-electron chi connectivity index (χ2n) is 4.90. The van der Waals surface area contributed by atoms with Gasteiger partial charge in [-0.15, -0.1) is 0 Å². The number of nitrogens with zero attached hydrogens (tertiary/aromatic N) is 4. The lowest BCUT2D eigenvalue weighted by molar-refractivity contribution is 0.112. The maximum atomic E-state index is 10.9. The standard InChI is InChI=1S/C16H12N4O/c1-11-4-13-5-12(2-3-15(13)18-7-11)8-20-9-14(10-21)16(6-17)19-20/h2-5,7,9-10H,8H2,1H3. The minimum Gasteiger partial charge on any atom is -0.298 e. The Hall–Kier alpha value is -3.00. The zero-order valence-corrected chi connectivity index (χ0v) is 11.4. The number of aromatic nitrogens is 3. The van der Waals surface area contributed by atoms with Gasteiger partial charge in [0.25, 0.3) is 0 Å². The van der Waals surface area contributed by atoms with Crippen LogP contribution in [0.5, 0.6) is 0 Å². The van der Waals surface area contributed by atoms with E-state index in [-0.39, 0.29) is 5.69 Å². The van der Waals surface area contributed by atoms with Crippen LogP contribution in [-0.4, -0.2) is 21.1 Å². The number of fused-ring (bicyclic) bond motifs is 1. The molecule has 0 spiro atoms. The van der Waals surface area contributed by atoms with Gasteiger partial charge in [0.15, 0.2) is 12.0 Å². The summed E-state index contributed by atoms with van der Waals surface area (Å²) < 4.78 is 1.60. The molecule has 0 unspecified atom stereocenters. The summed E-state index contributed by atoms with van der Waals surface area (Å²) in [5, 5.41) is 14.1. The van der Waals surface area contributed by atoms with Gasteiger partial charge in [-0.3, -0.25) is 14.5 Å². The van der Waals surface area contributed by atoms with Crippen LogP contribution in [0.25, 0.3) is 10.9 Å². The van der Waals surface area contributed by atoms with Crippen LogP contribution in [0.2, 0.25) is 0 Å². The average Bonchev–Trinajstić information content (AvgIpc) is 2.88. The molecule has 0 fully saturated rings. The molecule has 0 atom stereocenters. The molecule has 0 amide bonds. The summed E-state index contributed by atoms with van der Waals surface area (Å²) in [4.78, 5) is 15.2. The first-order valence-electron chi connectivity index (χ1n) is 6.47. The smallest absolute Gasteiger partial charge is 0.172 e. The molecule has 2 aromatic heterocycles. The zero-order chi connectivity index (χ0) is 14.8. The zero-order valence-electron chi connectivity index (χ0n) is 11.4. The molecule has 5 heteroatoms. The number of benzene rings is 1. The summed E-state index contributed by atoms with van der Waals surface area (Å²) in [6.07, 6.45) is 4.07. The minimum absolute atomic E-state index is 0.156. The van der Waals surface area contributed by atoms with E-state index in [2.05, 4.69) is 16.1 Å². The number of nitriles is 1.